The maximum Gasteiger partial charge on any atom is 0.334 e. The van der Waals surface area contributed by atoms with Crippen molar-refractivity contribution in [2.75, 3.05) is 30.3 Å². The number of aliphatic carboxylic acids is 1. The van der Waals surface area contributed by atoms with Crippen LogP contribution in [0.15, 0.2) is 11.1 Å². The number of nitrogen functional groups attached to an aromatic ring is 1. The van der Waals surface area contributed by atoms with Gasteiger partial charge in [-0.05, 0) is 0 Å². The van der Waals surface area contributed by atoms with E-state index in [9.17, 15) is 9.59 Å². The predicted octanol–water partition coefficient (Wildman–Crippen LogP) is -1.36. The molecule has 1 aliphatic rings. The van der Waals surface area contributed by atoms with Crippen LogP contribution in [-0.4, -0.2) is 46.8 Å². The number of ether oxygens (including phenoxy) is 1. The van der Waals surface area contributed by atoms with Crippen molar-refractivity contribution in [2.24, 2.45) is 0 Å². The normalized spacial score (nSPS) is 20.2. The van der Waals surface area contributed by atoms with E-state index in [1.165, 1.54) is 6.33 Å². The molecule has 1 aromatic rings. The number of H-pyrrole nitrogens is 1. The number of hydrogen-bond donors (Lipinski definition) is 3. The lowest BCUT2D eigenvalue weighted by atomic mass is 10.2. The molecule has 8 nitrogen and oxygen atoms in total. The van der Waals surface area contributed by atoms with Gasteiger partial charge in [0.15, 0.2) is 11.9 Å². The van der Waals surface area contributed by atoms with E-state index in [0.717, 1.165) is 0 Å². The Morgan fingerprint density at radius 1 is 1.71 bits per heavy atom. The molecule has 8 heteroatoms. The smallest absolute Gasteiger partial charge is 0.334 e. The van der Waals surface area contributed by atoms with Gasteiger partial charge >= 0.3 is 5.97 Å². The highest BCUT2D eigenvalue weighted by molar-refractivity contribution is 5.74. The molecule has 0 radical (unpaired) electrons. The maximum atomic E-state index is 11.3. The topological polar surface area (TPSA) is 122 Å². The summed E-state index contributed by atoms with van der Waals surface area (Å²) in [6, 6.07) is 0. The van der Waals surface area contributed by atoms with Crippen LogP contribution in [0.5, 0.6) is 0 Å². The van der Waals surface area contributed by atoms with Crippen LogP contribution in [0.4, 0.5) is 11.5 Å². The summed E-state index contributed by atoms with van der Waals surface area (Å²) in [7, 11) is 0. The predicted molar refractivity (Wildman–Crippen MR) is 58.9 cm³/mol. The Balaban J connectivity index is 2.25. The number of hydrogen-bond acceptors (Lipinski definition) is 6. The largest absolute Gasteiger partial charge is 0.479 e. The van der Waals surface area contributed by atoms with E-state index in [0.29, 0.717) is 12.4 Å². The van der Waals surface area contributed by atoms with Crippen LogP contribution >= 0.6 is 0 Å². The highest BCUT2D eigenvalue weighted by Gasteiger charge is 2.28. The van der Waals surface area contributed by atoms with Gasteiger partial charge in [-0.15, -0.1) is 0 Å². The summed E-state index contributed by atoms with van der Waals surface area (Å²) >= 11 is 0. The molecule has 0 aliphatic carbocycles. The van der Waals surface area contributed by atoms with Crippen LogP contribution in [0, 0.1) is 0 Å². The first-order chi connectivity index (χ1) is 8.09. The molecule has 1 aliphatic heterocycles. The van der Waals surface area contributed by atoms with Crippen LogP contribution in [-0.2, 0) is 9.53 Å². The van der Waals surface area contributed by atoms with Crippen LogP contribution in [0.25, 0.3) is 0 Å². The zero-order valence-electron chi connectivity index (χ0n) is 8.92. The molecule has 0 saturated carbocycles. The molecule has 1 aromatic heterocycles. The number of rotatable bonds is 2. The second-order valence-electron chi connectivity index (χ2n) is 3.61. The average molecular weight is 240 g/mol. The molecule has 1 unspecified atom stereocenters. The summed E-state index contributed by atoms with van der Waals surface area (Å²) in [5.41, 5.74) is 5.15. The van der Waals surface area contributed by atoms with Crippen molar-refractivity contribution in [3.05, 3.63) is 16.7 Å². The molecule has 0 aromatic carbocycles. The van der Waals surface area contributed by atoms with Gasteiger partial charge in [-0.1, -0.05) is 0 Å². The van der Waals surface area contributed by atoms with Gasteiger partial charge in [0, 0.05) is 6.54 Å². The molecule has 2 heterocycles. The lowest BCUT2D eigenvalue weighted by molar-refractivity contribution is -0.150. The Hall–Kier alpha value is -2.09. The third-order valence-corrected chi connectivity index (χ3v) is 2.51. The summed E-state index contributed by atoms with van der Waals surface area (Å²) in [6.07, 6.45) is 0.309. The van der Waals surface area contributed by atoms with Gasteiger partial charge in [0.25, 0.3) is 5.56 Å². The second kappa shape index (κ2) is 4.42. The Labute approximate surface area is 96.0 Å². The highest BCUT2D eigenvalue weighted by Crippen LogP contribution is 2.18. The fourth-order valence-corrected chi connectivity index (χ4v) is 1.64. The molecule has 1 atom stereocenters. The van der Waals surface area contributed by atoms with Crippen LogP contribution in [0.3, 0.4) is 0 Å². The molecule has 1 fully saturated rings. The lowest BCUT2D eigenvalue weighted by Crippen LogP contribution is -2.47. The van der Waals surface area contributed by atoms with E-state index in [1.807, 2.05) is 0 Å². The Bertz CT molecular complexity index is 486. The molecule has 0 spiro atoms. The van der Waals surface area contributed by atoms with Crippen molar-refractivity contribution >= 4 is 17.5 Å². The fourth-order valence-electron chi connectivity index (χ4n) is 1.64. The molecule has 0 bridgehead atoms. The number of anilines is 2. The number of nitrogens with zero attached hydrogens (tertiary/aromatic N) is 2. The van der Waals surface area contributed by atoms with Crippen LogP contribution in [0.1, 0.15) is 0 Å². The third kappa shape index (κ3) is 2.21. The third-order valence-electron chi connectivity index (χ3n) is 2.51. The number of nitrogens with two attached hydrogens (primary N) is 1. The van der Waals surface area contributed by atoms with Crippen molar-refractivity contribution in [3.63, 3.8) is 0 Å². The highest BCUT2D eigenvalue weighted by atomic mass is 16.5. The van der Waals surface area contributed by atoms with Gasteiger partial charge in [0.2, 0.25) is 0 Å². The van der Waals surface area contributed by atoms with E-state index < -0.39 is 17.6 Å². The first-order valence-corrected chi connectivity index (χ1v) is 5.02. The minimum Gasteiger partial charge on any atom is -0.479 e. The molecular formula is C9H12N4O4. The summed E-state index contributed by atoms with van der Waals surface area (Å²) in [5.74, 6) is -0.749. The van der Waals surface area contributed by atoms with Gasteiger partial charge in [0.05, 0.1) is 19.5 Å². The Morgan fingerprint density at radius 3 is 3.18 bits per heavy atom. The van der Waals surface area contributed by atoms with Crippen molar-refractivity contribution < 1.29 is 14.6 Å². The van der Waals surface area contributed by atoms with Gasteiger partial charge in [-0.3, -0.25) is 4.79 Å². The number of carboxylic acids is 1. The molecule has 1 saturated heterocycles. The van der Waals surface area contributed by atoms with Gasteiger partial charge in [-0.2, -0.15) is 0 Å². The summed E-state index contributed by atoms with van der Waals surface area (Å²) in [6.45, 7) is 0.825. The van der Waals surface area contributed by atoms with Crippen molar-refractivity contribution in [2.45, 2.75) is 6.10 Å². The van der Waals surface area contributed by atoms with E-state index in [4.69, 9.17) is 15.6 Å². The van der Waals surface area contributed by atoms with Crippen LogP contribution < -0.4 is 16.2 Å². The SMILES string of the molecule is Nc1c(N2CCOC(C(=O)O)C2)nc[nH]c1=O. The van der Waals surface area contributed by atoms with Gasteiger partial charge in [-0.25, -0.2) is 9.78 Å². The van der Waals surface area contributed by atoms with E-state index in [1.54, 1.807) is 4.90 Å². The standard InChI is InChI=1S/C9H12N4O4/c10-6-7(11-4-12-8(6)14)13-1-2-17-5(3-13)9(15)16/h4-5H,1-3,10H2,(H,15,16)(H,11,12,14). The zero-order valence-corrected chi connectivity index (χ0v) is 8.92. The Morgan fingerprint density at radius 2 is 2.47 bits per heavy atom. The average Bonchev–Trinajstić information content (AvgIpc) is 2.33. The maximum absolute atomic E-state index is 11.3. The van der Waals surface area contributed by atoms with E-state index in [-0.39, 0.29) is 18.8 Å². The molecule has 17 heavy (non-hydrogen) atoms. The number of aromatic nitrogens is 2. The molecule has 0 amide bonds. The molecule has 92 valence electrons. The molecule has 2 rings (SSSR count). The van der Waals surface area contributed by atoms with Crippen molar-refractivity contribution in [1.82, 2.24) is 9.97 Å². The van der Waals surface area contributed by atoms with Crippen molar-refractivity contribution in [3.8, 4) is 0 Å². The fraction of sp³-hybridized carbons (Fsp3) is 0.444. The number of carbonyl (C=O) groups is 1. The number of morpholine rings is 1. The summed E-state index contributed by atoms with van der Waals surface area (Å²) in [5, 5.41) is 8.86. The van der Waals surface area contributed by atoms with Crippen LogP contribution in [0.2, 0.25) is 0 Å². The van der Waals surface area contributed by atoms with E-state index >= 15 is 0 Å². The lowest BCUT2D eigenvalue weighted by Gasteiger charge is -2.31. The number of carboxylic acid groups (broad SMARTS) is 1. The minimum atomic E-state index is -1.04. The molecular weight excluding hydrogens is 228 g/mol. The first-order valence-electron chi connectivity index (χ1n) is 5.02. The minimum absolute atomic E-state index is 0.0152. The zero-order chi connectivity index (χ0) is 12.4. The Kier molecular flexibility index (Phi) is 2.96. The van der Waals surface area contributed by atoms with Gasteiger partial charge in [0.1, 0.15) is 5.69 Å². The first kappa shape index (κ1) is 11.4. The second-order valence-corrected chi connectivity index (χ2v) is 3.61. The number of nitrogens with one attached hydrogen (secondary N) is 1. The number of aromatic amines is 1. The van der Waals surface area contributed by atoms with E-state index in [2.05, 4.69) is 9.97 Å². The summed E-state index contributed by atoms with van der Waals surface area (Å²) < 4.78 is 5.07. The van der Waals surface area contributed by atoms with Crippen molar-refractivity contribution in [1.29, 1.82) is 0 Å². The molecule has 4 N–H and O–H groups in total. The van der Waals surface area contributed by atoms with Gasteiger partial charge < -0.3 is 25.5 Å². The monoisotopic (exact) mass is 240 g/mol. The quantitative estimate of drug-likeness (QED) is 0.583. The summed E-state index contributed by atoms with van der Waals surface area (Å²) in [4.78, 5) is 30.0.